The minimum Gasteiger partial charge on any atom is -0.443 e. The van der Waals surface area contributed by atoms with Gasteiger partial charge in [0.15, 0.2) is 0 Å². The number of carbonyl (C=O) groups excluding carboxylic acids is 1. The number of primary amides is 1. The second-order valence-electron chi connectivity index (χ2n) is 3.07. The number of carbonyl (C=O) groups is 1. The minimum absolute atomic E-state index is 0.461. The van der Waals surface area contributed by atoms with Gasteiger partial charge in [-0.05, 0) is 0 Å². The second-order valence-corrected chi connectivity index (χ2v) is 3.07. The summed E-state index contributed by atoms with van der Waals surface area (Å²) in [5.74, 6) is 0. The molecule has 4 heteroatoms. The van der Waals surface area contributed by atoms with Gasteiger partial charge in [0.25, 0.3) is 0 Å². The summed E-state index contributed by atoms with van der Waals surface area (Å²) in [4.78, 5) is 11.7. The molecule has 0 spiro atoms. The first-order chi connectivity index (χ1) is 5.20. The SMILES string of the molecule is C[NH+]1CCCC1COC(N)=O. The Balaban J connectivity index is 2.20. The molecule has 0 aromatic rings. The van der Waals surface area contributed by atoms with E-state index in [4.69, 9.17) is 10.5 Å². The van der Waals surface area contributed by atoms with Crippen molar-refractivity contribution < 1.29 is 14.4 Å². The van der Waals surface area contributed by atoms with E-state index in [0.29, 0.717) is 12.6 Å². The van der Waals surface area contributed by atoms with E-state index in [9.17, 15) is 4.79 Å². The molecule has 1 aliphatic rings. The zero-order valence-electron chi connectivity index (χ0n) is 6.80. The first-order valence-corrected chi connectivity index (χ1v) is 3.94. The largest absolute Gasteiger partial charge is 0.443 e. The molecule has 11 heavy (non-hydrogen) atoms. The molecule has 1 aliphatic heterocycles. The van der Waals surface area contributed by atoms with Gasteiger partial charge >= 0.3 is 6.09 Å². The molecule has 64 valence electrons. The summed E-state index contributed by atoms with van der Waals surface area (Å²) in [5, 5.41) is 0. The lowest BCUT2D eigenvalue weighted by atomic mass is 10.2. The molecule has 1 amide bonds. The van der Waals surface area contributed by atoms with Crippen LogP contribution < -0.4 is 10.6 Å². The van der Waals surface area contributed by atoms with Crippen molar-refractivity contribution in [1.82, 2.24) is 0 Å². The van der Waals surface area contributed by atoms with Crippen LogP contribution in [0.15, 0.2) is 0 Å². The van der Waals surface area contributed by atoms with E-state index in [1.165, 1.54) is 17.9 Å². The molecule has 2 atom stereocenters. The van der Waals surface area contributed by atoms with Crippen LogP contribution in [0.4, 0.5) is 4.79 Å². The smallest absolute Gasteiger partial charge is 0.404 e. The first kappa shape index (κ1) is 8.33. The highest BCUT2D eigenvalue weighted by Crippen LogP contribution is 1.99. The summed E-state index contributed by atoms with van der Waals surface area (Å²) < 4.78 is 4.71. The van der Waals surface area contributed by atoms with Gasteiger partial charge in [-0.25, -0.2) is 4.79 Å². The van der Waals surface area contributed by atoms with E-state index in [1.807, 2.05) is 0 Å². The Labute approximate surface area is 66.3 Å². The number of hydrogen-bond acceptors (Lipinski definition) is 2. The fraction of sp³-hybridized carbons (Fsp3) is 0.857. The molecule has 0 aliphatic carbocycles. The van der Waals surface area contributed by atoms with E-state index in [1.54, 1.807) is 0 Å². The summed E-state index contributed by atoms with van der Waals surface area (Å²) in [6, 6.07) is 0.461. The lowest BCUT2D eigenvalue weighted by Crippen LogP contribution is -3.11. The molecule has 1 heterocycles. The van der Waals surface area contributed by atoms with E-state index < -0.39 is 6.09 Å². The van der Waals surface area contributed by atoms with Crippen molar-refractivity contribution in [3.05, 3.63) is 0 Å². The maximum Gasteiger partial charge on any atom is 0.404 e. The van der Waals surface area contributed by atoms with Gasteiger partial charge in [-0.15, -0.1) is 0 Å². The van der Waals surface area contributed by atoms with Crippen LogP contribution in [-0.2, 0) is 4.74 Å². The van der Waals surface area contributed by atoms with Crippen LogP contribution in [-0.4, -0.2) is 32.3 Å². The van der Waals surface area contributed by atoms with Gasteiger partial charge < -0.3 is 15.4 Å². The predicted molar refractivity (Wildman–Crippen MR) is 40.3 cm³/mol. The van der Waals surface area contributed by atoms with Crippen LogP contribution in [0.3, 0.4) is 0 Å². The molecule has 2 unspecified atom stereocenters. The Hall–Kier alpha value is -0.770. The van der Waals surface area contributed by atoms with Crippen LogP contribution in [0.5, 0.6) is 0 Å². The highest BCUT2D eigenvalue weighted by molar-refractivity contribution is 5.64. The molecule has 0 bridgehead atoms. The molecule has 0 saturated carbocycles. The number of quaternary nitrogens is 1. The van der Waals surface area contributed by atoms with Crippen molar-refractivity contribution in [2.45, 2.75) is 18.9 Å². The van der Waals surface area contributed by atoms with Gasteiger partial charge in [-0.3, -0.25) is 0 Å². The third-order valence-corrected chi connectivity index (χ3v) is 2.25. The monoisotopic (exact) mass is 159 g/mol. The van der Waals surface area contributed by atoms with E-state index in [2.05, 4.69) is 7.05 Å². The Morgan fingerprint density at radius 3 is 3.00 bits per heavy atom. The number of ether oxygens (including phenoxy) is 1. The normalized spacial score (nSPS) is 30.3. The molecule has 3 N–H and O–H groups in total. The van der Waals surface area contributed by atoms with Gasteiger partial charge in [0, 0.05) is 12.8 Å². The molecule has 0 aromatic heterocycles. The maximum atomic E-state index is 10.3. The Morgan fingerprint density at radius 1 is 1.82 bits per heavy atom. The van der Waals surface area contributed by atoms with Crippen LogP contribution in [0.2, 0.25) is 0 Å². The lowest BCUT2D eigenvalue weighted by molar-refractivity contribution is -0.892. The van der Waals surface area contributed by atoms with Gasteiger partial charge in [0.2, 0.25) is 0 Å². The average Bonchev–Trinajstić information content (AvgIpc) is 2.31. The van der Waals surface area contributed by atoms with Crippen molar-refractivity contribution in [2.75, 3.05) is 20.2 Å². The summed E-state index contributed by atoms with van der Waals surface area (Å²) in [6.07, 6.45) is 1.70. The zero-order chi connectivity index (χ0) is 8.27. The summed E-state index contributed by atoms with van der Waals surface area (Å²) in [5.41, 5.74) is 4.85. The van der Waals surface area contributed by atoms with Gasteiger partial charge in [0.05, 0.1) is 13.6 Å². The number of nitrogens with two attached hydrogens (primary N) is 1. The lowest BCUT2D eigenvalue weighted by Gasteiger charge is -2.15. The van der Waals surface area contributed by atoms with Gasteiger partial charge in [0.1, 0.15) is 12.6 Å². The van der Waals surface area contributed by atoms with Crippen LogP contribution in [0.1, 0.15) is 12.8 Å². The molecule has 1 rings (SSSR count). The van der Waals surface area contributed by atoms with Crippen molar-refractivity contribution >= 4 is 6.09 Å². The Kier molecular flexibility index (Phi) is 2.70. The standard InChI is InChI=1S/C7H14N2O2/c1-9-4-2-3-6(9)5-11-7(8)10/h6H,2-5H2,1H3,(H2,8,10)/p+1. The summed E-state index contributed by atoms with van der Waals surface area (Å²) in [6.45, 7) is 1.65. The quantitative estimate of drug-likeness (QED) is 0.529. The zero-order valence-corrected chi connectivity index (χ0v) is 6.80. The molecule has 1 fully saturated rings. The number of nitrogens with one attached hydrogen (secondary N) is 1. The predicted octanol–water partition coefficient (Wildman–Crippen LogP) is -1.24. The van der Waals surface area contributed by atoms with Crippen molar-refractivity contribution in [1.29, 1.82) is 0 Å². The molecule has 0 aromatic carbocycles. The minimum atomic E-state index is -0.662. The number of hydrogen-bond donors (Lipinski definition) is 2. The van der Waals surface area contributed by atoms with Crippen molar-refractivity contribution in [3.8, 4) is 0 Å². The van der Waals surface area contributed by atoms with E-state index in [0.717, 1.165) is 6.42 Å². The molecule has 0 radical (unpaired) electrons. The van der Waals surface area contributed by atoms with Gasteiger partial charge in [-0.2, -0.15) is 0 Å². The van der Waals surface area contributed by atoms with Crippen molar-refractivity contribution in [2.24, 2.45) is 5.73 Å². The topological polar surface area (TPSA) is 56.8 Å². The molecule has 4 nitrogen and oxygen atoms in total. The van der Waals surface area contributed by atoms with Crippen LogP contribution in [0.25, 0.3) is 0 Å². The van der Waals surface area contributed by atoms with Crippen LogP contribution in [0, 0.1) is 0 Å². The average molecular weight is 159 g/mol. The number of amides is 1. The first-order valence-electron chi connectivity index (χ1n) is 3.94. The van der Waals surface area contributed by atoms with Crippen LogP contribution >= 0.6 is 0 Å². The second kappa shape index (κ2) is 3.57. The highest BCUT2D eigenvalue weighted by Gasteiger charge is 2.25. The highest BCUT2D eigenvalue weighted by atomic mass is 16.5. The Bertz CT molecular complexity index is 149. The molecule has 1 saturated heterocycles. The summed E-state index contributed by atoms with van der Waals surface area (Å²) >= 11 is 0. The number of rotatable bonds is 2. The molecular weight excluding hydrogens is 144 g/mol. The summed E-state index contributed by atoms with van der Waals surface area (Å²) in [7, 11) is 2.11. The number of likely N-dealkylation sites (tertiary alicyclic amines) is 1. The third-order valence-electron chi connectivity index (χ3n) is 2.25. The maximum absolute atomic E-state index is 10.3. The third kappa shape index (κ3) is 2.38. The van der Waals surface area contributed by atoms with Crippen molar-refractivity contribution in [3.63, 3.8) is 0 Å². The molecular formula is C7H15N2O2+. The number of likely N-dealkylation sites (N-methyl/N-ethyl adjacent to an activating group) is 1. The fourth-order valence-corrected chi connectivity index (χ4v) is 1.49. The van der Waals surface area contributed by atoms with E-state index in [-0.39, 0.29) is 0 Å². The van der Waals surface area contributed by atoms with Gasteiger partial charge in [-0.1, -0.05) is 0 Å². The van der Waals surface area contributed by atoms with E-state index >= 15 is 0 Å². The fourth-order valence-electron chi connectivity index (χ4n) is 1.49. The Morgan fingerprint density at radius 2 is 2.55 bits per heavy atom.